The molecule has 2 aliphatic rings. The van der Waals surface area contributed by atoms with Gasteiger partial charge in [0.25, 0.3) is 0 Å². The molecule has 2 aliphatic heterocycles. The molecule has 2 fully saturated rings. The summed E-state index contributed by atoms with van der Waals surface area (Å²) in [6, 6.07) is 1.81. The highest BCUT2D eigenvalue weighted by Crippen LogP contribution is 2.44. The van der Waals surface area contributed by atoms with E-state index >= 15 is 0 Å². The molecule has 0 radical (unpaired) electrons. The van der Waals surface area contributed by atoms with Crippen LogP contribution >= 0.6 is 0 Å². The van der Waals surface area contributed by atoms with Gasteiger partial charge in [0.15, 0.2) is 0 Å². The highest BCUT2D eigenvalue weighted by Gasteiger charge is 2.41. The van der Waals surface area contributed by atoms with E-state index in [1.807, 2.05) is 0 Å². The van der Waals surface area contributed by atoms with Crippen LogP contribution in [-0.4, -0.2) is 24.0 Å². The second kappa shape index (κ2) is 2.98. The van der Waals surface area contributed by atoms with Crippen LogP contribution in [0.3, 0.4) is 0 Å². The van der Waals surface area contributed by atoms with Crippen molar-refractivity contribution >= 4 is 0 Å². The van der Waals surface area contributed by atoms with Crippen molar-refractivity contribution in [2.24, 2.45) is 11.3 Å². The lowest BCUT2D eigenvalue weighted by molar-refractivity contribution is 0.0736. The zero-order valence-corrected chi connectivity index (χ0v) is 9.51. The molecule has 3 atom stereocenters. The summed E-state index contributed by atoms with van der Waals surface area (Å²) in [6.45, 7) is 7.22. The maximum absolute atomic E-state index is 2.63. The number of piperidine rings is 1. The van der Waals surface area contributed by atoms with Crippen LogP contribution in [-0.2, 0) is 0 Å². The SMILES string of the molecule is CN1[C@@H]2CC[C@H]1C[C@@H](C(C)(C)C)C2. The largest absolute Gasteiger partial charge is 0.300 e. The monoisotopic (exact) mass is 181 g/mol. The van der Waals surface area contributed by atoms with Crippen LogP contribution < -0.4 is 0 Å². The molecule has 0 aromatic heterocycles. The molecule has 0 amide bonds. The Hall–Kier alpha value is -0.0400. The minimum absolute atomic E-state index is 0.530. The fraction of sp³-hybridized carbons (Fsp3) is 1.00. The van der Waals surface area contributed by atoms with Gasteiger partial charge in [0, 0.05) is 12.1 Å². The van der Waals surface area contributed by atoms with Crippen LogP contribution in [0.4, 0.5) is 0 Å². The summed E-state index contributed by atoms with van der Waals surface area (Å²) in [7, 11) is 2.32. The van der Waals surface area contributed by atoms with Crippen LogP contribution in [0.15, 0.2) is 0 Å². The number of fused-ring (bicyclic) bond motifs is 2. The van der Waals surface area contributed by atoms with E-state index in [-0.39, 0.29) is 0 Å². The van der Waals surface area contributed by atoms with Crippen molar-refractivity contribution in [2.75, 3.05) is 7.05 Å². The van der Waals surface area contributed by atoms with Gasteiger partial charge in [-0.3, -0.25) is 0 Å². The summed E-state index contributed by atoms with van der Waals surface area (Å²) in [5.41, 5.74) is 0.530. The summed E-state index contributed by atoms with van der Waals surface area (Å²) in [6.07, 6.45) is 5.79. The van der Waals surface area contributed by atoms with Gasteiger partial charge in [-0.25, -0.2) is 0 Å². The standard InChI is InChI=1S/C12H23N/c1-12(2,3)9-7-10-5-6-11(8-9)13(10)4/h9-11H,5-8H2,1-4H3/t9-,10+,11-. The summed E-state index contributed by atoms with van der Waals surface area (Å²) < 4.78 is 0. The molecule has 0 aromatic carbocycles. The van der Waals surface area contributed by atoms with Gasteiger partial charge in [-0.05, 0) is 44.1 Å². The Morgan fingerprint density at radius 1 is 1.00 bits per heavy atom. The van der Waals surface area contributed by atoms with E-state index in [4.69, 9.17) is 0 Å². The maximum atomic E-state index is 2.63. The quantitative estimate of drug-likeness (QED) is 0.555. The predicted molar refractivity (Wildman–Crippen MR) is 56.8 cm³/mol. The fourth-order valence-corrected chi connectivity index (χ4v) is 3.12. The van der Waals surface area contributed by atoms with E-state index in [1.54, 1.807) is 0 Å². The van der Waals surface area contributed by atoms with Crippen molar-refractivity contribution in [1.29, 1.82) is 0 Å². The minimum Gasteiger partial charge on any atom is -0.300 e. The summed E-state index contributed by atoms with van der Waals surface area (Å²) >= 11 is 0. The lowest BCUT2D eigenvalue weighted by atomic mass is 9.73. The van der Waals surface area contributed by atoms with Crippen LogP contribution in [0.25, 0.3) is 0 Å². The molecular weight excluding hydrogens is 158 g/mol. The lowest BCUT2D eigenvalue weighted by Crippen LogP contribution is -2.43. The highest BCUT2D eigenvalue weighted by molar-refractivity contribution is 4.96. The molecule has 0 unspecified atom stereocenters. The molecule has 0 spiro atoms. The van der Waals surface area contributed by atoms with Gasteiger partial charge in [-0.15, -0.1) is 0 Å². The first-order valence-corrected chi connectivity index (χ1v) is 5.70. The van der Waals surface area contributed by atoms with Crippen LogP contribution in [0.1, 0.15) is 46.5 Å². The molecule has 2 heterocycles. The molecule has 1 nitrogen and oxygen atoms in total. The first kappa shape index (κ1) is 9.51. The van der Waals surface area contributed by atoms with E-state index in [0.29, 0.717) is 5.41 Å². The Morgan fingerprint density at radius 3 is 1.85 bits per heavy atom. The van der Waals surface area contributed by atoms with Gasteiger partial charge < -0.3 is 4.90 Å². The molecule has 0 N–H and O–H groups in total. The smallest absolute Gasteiger partial charge is 0.00985 e. The van der Waals surface area contributed by atoms with E-state index in [2.05, 4.69) is 32.7 Å². The van der Waals surface area contributed by atoms with Crippen LogP contribution in [0.5, 0.6) is 0 Å². The third kappa shape index (κ3) is 1.63. The average molecular weight is 181 g/mol. The molecule has 1 heteroatoms. The van der Waals surface area contributed by atoms with Crippen LogP contribution in [0.2, 0.25) is 0 Å². The maximum Gasteiger partial charge on any atom is 0.00985 e. The molecule has 76 valence electrons. The van der Waals surface area contributed by atoms with Gasteiger partial charge >= 0.3 is 0 Å². The van der Waals surface area contributed by atoms with Crippen molar-refractivity contribution in [3.05, 3.63) is 0 Å². The molecule has 2 bridgehead atoms. The molecular formula is C12H23N. The average Bonchev–Trinajstić information content (AvgIpc) is 2.29. The van der Waals surface area contributed by atoms with Gasteiger partial charge in [0.05, 0.1) is 0 Å². The van der Waals surface area contributed by atoms with E-state index in [0.717, 1.165) is 18.0 Å². The third-order valence-corrected chi connectivity index (χ3v) is 4.32. The van der Waals surface area contributed by atoms with E-state index < -0.39 is 0 Å². The third-order valence-electron chi connectivity index (χ3n) is 4.32. The van der Waals surface area contributed by atoms with Gasteiger partial charge in [-0.1, -0.05) is 20.8 Å². The summed E-state index contributed by atoms with van der Waals surface area (Å²) in [5, 5.41) is 0. The second-order valence-corrected chi connectivity index (χ2v) is 6.08. The molecule has 2 rings (SSSR count). The Bertz CT molecular complexity index is 178. The molecule has 13 heavy (non-hydrogen) atoms. The van der Waals surface area contributed by atoms with Crippen molar-refractivity contribution in [1.82, 2.24) is 4.90 Å². The summed E-state index contributed by atoms with van der Waals surface area (Å²) in [5.74, 6) is 0.959. The lowest BCUT2D eigenvalue weighted by Gasteiger charge is -2.42. The first-order chi connectivity index (χ1) is 5.98. The Kier molecular flexibility index (Phi) is 2.18. The van der Waals surface area contributed by atoms with Crippen molar-refractivity contribution < 1.29 is 0 Å². The normalized spacial score (nSPS) is 41.1. The second-order valence-electron chi connectivity index (χ2n) is 6.08. The summed E-state index contributed by atoms with van der Waals surface area (Å²) in [4.78, 5) is 2.63. The van der Waals surface area contributed by atoms with Gasteiger partial charge in [-0.2, -0.15) is 0 Å². The Balaban J connectivity index is 2.07. The Morgan fingerprint density at radius 2 is 1.46 bits per heavy atom. The number of hydrogen-bond donors (Lipinski definition) is 0. The fourth-order valence-electron chi connectivity index (χ4n) is 3.12. The number of hydrogen-bond acceptors (Lipinski definition) is 1. The zero-order valence-electron chi connectivity index (χ0n) is 9.51. The molecule has 0 aromatic rings. The van der Waals surface area contributed by atoms with Gasteiger partial charge in [0.1, 0.15) is 0 Å². The Labute approximate surface area is 82.5 Å². The molecule has 0 aliphatic carbocycles. The highest BCUT2D eigenvalue weighted by atomic mass is 15.2. The van der Waals surface area contributed by atoms with E-state index in [9.17, 15) is 0 Å². The predicted octanol–water partition coefficient (Wildman–Crippen LogP) is 2.91. The molecule has 2 saturated heterocycles. The van der Waals surface area contributed by atoms with Crippen molar-refractivity contribution in [3.8, 4) is 0 Å². The number of nitrogens with zero attached hydrogens (tertiary/aromatic N) is 1. The van der Waals surface area contributed by atoms with Crippen molar-refractivity contribution in [2.45, 2.75) is 58.5 Å². The topological polar surface area (TPSA) is 3.24 Å². The molecule has 0 saturated carbocycles. The number of rotatable bonds is 0. The first-order valence-electron chi connectivity index (χ1n) is 5.70. The van der Waals surface area contributed by atoms with Gasteiger partial charge in [0.2, 0.25) is 0 Å². The minimum atomic E-state index is 0.530. The van der Waals surface area contributed by atoms with Crippen LogP contribution in [0, 0.1) is 11.3 Å². The van der Waals surface area contributed by atoms with E-state index in [1.165, 1.54) is 25.7 Å². The van der Waals surface area contributed by atoms with Crippen molar-refractivity contribution in [3.63, 3.8) is 0 Å². The zero-order chi connectivity index (χ0) is 9.64.